The van der Waals surface area contributed by atoms with Gasteiger partial charge in [-0.1, -0.05) is 39.0 Å². The smallest absolute Gasteiger partial charge is 0.181 e. The molecule has 2 rings (SSSR count). The highest BCUT2D eigenvalue weighted by atomic mass is 16.3. The molecule has 0 aliphatic heterocycles. The van der Waals surface area contributed by atoms with Crippen LogP contribution in [0.15, 0.2) is 29.0 Å². The first-order chi connectivity index (χ1) is 6.38. The second-order valence-electron chi connectivity index (χ2n) is 2.63. The summed E-state index contributed by atoms with van der Waals surface area (Å²) in [4.78, 5) is 4.13. The van der Waals surface area contributed by atoms with Crippen molar-refractivity contribution >= 4 is 6.08 Å². The van der Waals surface area contributed by atoms with E-state index in [1.807, 2.05) is 32.1 Å². The Labute approximate surface area is 79.0 Å². The molecule has 1 aromatic rings. The summed E-state index contributed by atoms with van der Waals surface area (Å²) in [6, 6.07) is 0. The minimum Gasteiger partial charge on any atom is -0.444 e. The first kappa shape index (κ1) is 9.78. The predicted molar refractivity (Wildman–Crippen MR) is 54.4 cm³/mol. The van der Waals surface area contributed by atoms with Crippen LogP contribution >= 0.6 is 0 Å². The Morgan fingerprint density at radius 2 is 2.08 bits per heavy atom. The van der Waals surface area contributed by atoms with E-state index in [-0.39, 0.29) is 0 Å². The predicted octanol–water partition coefficient (Wildman–Crippen LogP) is 3.39. The number of rotatable bonds is 0. The molecule has 1 aliphatic rings. The lowest BCUT2D eigenvalue weighted by molar-refractivity contribution is 0.546. The summed E-state index contributed by atoms with van der Waals surface area (Å²) < 4.78 is 5.17. The number of nitrogens with zero attached hydrogens (tertiary/aromatic N) is 1. The first-order valence-corrected chi connectivity index (χ1v) is 4.66. The van der Waals surface area contributed by atoms with Crippen molar-refractivity contribution in [3.8, 4) is 0 Å². The molecule has 0 saturated heterocycles. The summed E-state index contributed by atoms with van der Waals surface area (Å²) >= 11 is 0. The SMILES string of the molecule is CC.CC1C=CC=Cc2ocnc21. The lowest BCUT2D eigenvalue weighted by Crippen LogP contribution is -1.89. The van der Waals surface area contributed by atoms with Crippen LogP contribution in [0.1, 0.15) is 38.1 Å². The van der Waals surface area contributed by atoms with Crippen LogP contribution in [0.25, 0.3) is 6.08 Å². The van der Waals surface area contributed by atoms with Crippen molar-refractivity contribution in [1.82, 2.24) is 4.98 Å². The maximum absolute atomic E-state index is 5.17. The van der Waals surface area contributed by atoms with E-state index in [4.69, 9.17) is 4.42 Å². The van der Waals surface area contributed by atoms with E-state index >= 15 is 0 Å². The molecule has 0 radical (unpaired) electrons. The zero-order valence-electron chi connectivity index (χ0n) is 8.32. The number of aromatic nitrogens is 1. The van der Waals surface area contributed by atoms with Crippen molar-refractivity contribution in [2.75, 3.05) is 0 Å². The van der Waals surface area contributed by atoms with E-state index < -0.39 is 0 Å². The molecule has 70 valence electrons. The number of oxazole rings is 1. The van der Waals surface area contributed by atoms with Crippen molar-refractivity contribution in [3.63, 3.8) is 0 Å². The molecule has 0 bridgehead atoms. The fourth-order valence-corrected chi connectivity index (χ4v) is 1.20. The lowest BCUT2D eigenvalue weighted by Gasteiger charge is -1.98. The van der Waals surface area contributed by atoms with Crippen LogP contribution in [0.2, 0.25) is 0 Å². The molecular formula is C11H15NO. The molecule has 2 heteroatoms. The summed E-state index contributed by atoms with van der Waals surface area (Å²) in [5.74, 6) is 1.24. The van der Waals surface area contributed by atoms with Gasteiger partial charge >= 0.3 is 0 Å². The van der Waals surface area contributed by atoms with Gasteiger partial charge in [0, 0.05) is 5.92 Å². The van der Waals surface area contributed by atoms with Crippen molar-refractivity contribution < 1.29 is 4.42 Å². The number of hydrogen-bond donors (Lipinski definition) is 0. The average Bonchev–Trinajstić information content (AvgIpc) is 2.57. The van der Waals surface area contributed by atoms with E-state index in [9.17, 15) is 0 Å². The summed E-state index contributed by atoms with van der Waals surface area (Å²) in [5, 5.41) is 0. The zero-order valence-corrected chi connectivity index (χ0v) is 8.32. The topological polar surface area (TPSA) is 26.0 Å². The summed E-state index contributed by atoms with van der Waals surface area (Å²) in [6.07, 6.45) is 9.51. The van der Waals surface area contributed by atoms with Crippen LogP contribution in [0.4, 0.5) is 0 Å². The van der Waals surface area contributed by atoms with Gasteiger partial charge in [0.15, 0.2) is 12.2 Å². The number of fused-ring (bicyclic) bond motifs is 1. The minimum absolute atomic E-state index is 0.360. The van der Waals surface area contributed by atoms with Gasteiger partial charge in [-0.3, -0.25) is 0 Å². The largest absolute Gasteiger partial charge is 0.444 e. The van der Waals surface area contributed by atoms with Crippen LogP contribution in [0.5, 0.6) is 0 Å². The highest BCUT2D eigenvalue weighted by Gasteiger charge is 2.11. The van der Waals surface area contributed by atoms with Gasteiger partial charge in [-0.15, -0.1) is 0 Å². The van der Waals surface area contributed by atoms with E-state index in [1.165, 1.54) is 6.39 Å². The van der Waals surface area contributed by atoms with E-state index in [1.54, 1.807) is 0 Å². The Hall–Kier alpha value is -1.31. The molecular weight excluding hydrogens is 162 g/mol. The fourth-order valence-electron chi connectivity index (χ4n) is 1.20. The first-order valence-electron chi connectivity index (χ1n) is 4.66. The Morgan fingerprint density at radius 1 is 1.31 bits per heavy atom. The molecule has 1 atom stereocenters. The van der Waals surface area contributed by atoms with Crippen LogP contribution in [-0.2, 0) is 0 Å². The molecule has 0 fully saturated rings. The van der Waals surface area contributed by atoms with E-state index in [2.05, 4.69) is 18.0 Å². The van der Waals surface area contributed by atoms with Gasteiger partial charge in [-0.05, 0) is 6.08 Å². The maximum atomic E-state index is 5.17. The normalized spacial score (nSPS) is 18.5. The number of hydrogen-bond acceptors (Lipinski definition) is 2. The molecule has 2 nitrogen and oxygen atoms in total. The van der Waals surface area contributed by atoms with E-state index in [0.29, 0.717) is 5.92 Å². The Kier molecular flexibility index (Phi) is 3.50. The molecule has 0 saturated carbocycles. The van der Waals surface area contributed by atoms with Crippen LogP contribution < -0.4 is 0 Å². The van der Waals surface area contributed by atoms with Gasteiger partial charge in [0.2, 0.25) is 0 Å². The minimum atomic E-state index is 0.360. The van der Waals surface area contributed by atoms with Crippen molar-refractivity contribution in [2.24, 2.45) is 0 Å². The van der Waals surface area contributed by atoms with Crippen molar-refractivity contribution in [1.29, 1.82) is 0 Å². The van der Waals surface area contributed by atoms with Gasteiger partial charge in [-0.2, -0.15) is 0 Å². The highest BCUT2D eigenvalue weighted by molar-refractivity contribution is 5.51. The second-order valence-corrected chi connectivity index (χ2v) is 2.63. The van der Waals surface area contributed by atoms with Gasteiger partial charge in [-0.25, -0.2) is 4.98 Å². The molecule has 0 aromatic carbocycles. The number of allylic oxidation sites excluding steroid dienone is 3. The Bertz CT molecular complexity index is 310. The molecule has 1 aromatic heterocycles. The van der Waals surface area contributed by atoms with Crippen LogP contribution in [0, 0.1) is 0 Å². The molecule has 1 unspecified atom stereocenters. The standard InChI is InChI=1S/C9H9NO.C2H6/c1-7-4-2-3-5-8-9(7)10-6-11-8;1-2/h2-7H,1H3;1-2H3. The summed E-state index contributed by atoms with van der Waals surface area (Å²) in [7, 11) is 0. The molecule has 0 spiro atoms. The summed E-state index contributed by atoms with van der Waals surface area (Å²) in [5.41, 5.74) is 1.02. The highest BCUT2D eigenvalue weighted by Crippen LogP contribution is 2.22. The quantitative estimate of drug-likeness (QED) is 0.607. The average molecular weight is 177 g/mol. The molecule has 13 heavy (non-hydrogen) atoms. The maximum Gasteiger partial charge on any atom is 0.181 e. The second kappa shape index (κ2) is 4.65. The molecule has 0 amide bonds. The molecule has 1 aliphatic carbocycles. The van der Waals surface area contributed by atoms with Crippen molar-refractivity contribution in [2.45, 2.75) is 26.7 Å². The molecule has 0 N–H and O–H groups in total. The van der Waals surface area contributed by atoms with Gasteiger partial charge < -0.3 is 4.42 Å². The van der Waals surface area contributed by atoms with Crippen molar-refractivity contribution in [3.05, 3.63) is 36.1 Å². The van der Waals surface area contributed by atoms with Gasteiger partial charge in [0.1, 0.15) is 0 Å². The fraction of sp³-hybridized carbons (Fsp3) is 0.364. The van der Waals surface area contributed by atoms with Crippen LogP contribution in [0.3, 0.4) is 0 Å². The zero-order chi connectivity index (χ0) is 9.68. The summed E-state index contributed by atoms with van der Waals surface area (Å²) in [6.45, 7) is 6.10. The monoisotopic (exact) mass is 177 g/mol. The Morgan fingerprint density at radius 3 is 2.85 bits per heavy atom. The third-order valence-electron chi connectivity index (χ3n) is 1.81. The third kappa shape index (κ3) is 2.08. The van der Waals surface area contributed by atoms with E-state index in [0.717, 1.165) is 11.5 Å². The van der Waals surface area contributed by atoms with Crippen LogP contribution in [-0.4, -0.2) is 4.98 Å². The lowest BCUT2D eigenvalue weighted by atomic mass is 10.1. The van der Waals surface area contributed by atoms with Gasteiger partial charge in [0.05, 0.1) is 5.69 Å². The van der Waals surface area contributed by atoms with Gasteiger partial charge in [0.25, 0.3) is 0 Å². The third-order valence-corrected chi connectivity index (χ3v) is 1.81. The molecule has 1 heterocycles. The Balaban J connectivity index is 0.000000396.